The Morgan fingerprint density at radius 2 is 2.27 bits per heavy atom. The molecular formula is C13H12N4O4S. The summed E-state index contributed by atoms with van der Waals surface area (Å²) in [6, 6.07) is 7.74. The van der Waals surface area contributed by atoms with Crippen LogP contribution in [0.1, 0.15) is 5.76 Å². The van der Waals surface area contributed by atoms with Crippen LogP contribution in [0.3, 0.4) is 0 Å². The molecule has 9 heteroatoms. The molecule has 0 unspecified atom stereocenters. The van der Waals surface area contributed by atoms with Crippen molar-refractivity contribution < 1.29 is 14.1 Å². The summed E-state index contributed by atoms with van der Waals surface area (Å²) in [6.07, 6.45) is 1.36. The van der Waals surface area contributed by atoms with Crippen molar-refractivity contribution in [2.24, 2.45) is 10.8 Å². The number of nitro groups is 1. The first-order valence-corrected chi connectivity index (χ1v) is 6.43. The third kappa shape index (κ3) is 3.58. The van der Waals surface area contributed by atoms with Crippen LogP contribution in [0.2, 0.25) is 0 Å². The minimum atomic E-state index is -0.497. The van der Waals surface area contributed by atoms with E-state index < -0.39 is 4.92 Å². The van der Waals surface area contributed by atoms with Crippen LogP contribution in [-0.4, -0.2) is 23.4 Å². The second-order valence-corrected chi connectivity index (χ2v) is 4.52. The number of thiocarbonyl (C=S) groups is 1. The molecule has 1 aromatic carbocycles. The number of hydrogen-bond acceptors (Lipinski definition) is 6. The van der Waals surface area contributed by atoms with E-state index in [0.29, 0.717) is 22.8 Å². The molecule has 1 heterocycles. The lowest BCUT2D eigenvalue weighted by Gasteiger charge is -2.03. The molecule has 0 aliphatic heterocycles. The number of furan rings is 1. The average Bonchev–Trinajstić information content (AvgIpc) is 2.94. The molecule has 2 rings (SSSR count). The van der Waals surface area contributed by atoms with Gasteiger partial charge in [-0.3, -0.25) is 15.5 Å². The lowest BCUT2D eigenvalue weighted by atomic mass is 10.1. The van der Waals surface area contributed by atoms with Gasteiger partial charge in [-0.2, -0.15) is 5.10 Å². The highest BCUT2D eigenvalue weighted by Gasteiger charge is 2.19. The lowest BCUT2D eigenvalue weighted by Crippen LogP contribution is -2.23. The van der Waals surface area contributed by atoms with E-state index in [2.05, 4.69) is 22.7 Å². The molecule has 0 radical (unpaired) electrons. The van der Waals surface area contributed by atoms with Gasteiger partial charge < -0.3 is 14.9 Å². The molecular weight excluding hydrogens is 308 g/mol. The van der Waals surface area contributed by atoms with Crippen molar-refractivity contribution in [2.45, 2.75) is 0 Å². The Bertz CT molecular complexity index is 741. The Kier molecular flexibility index (Phi) is 4.69. The van der Waals surface area contributed by atoms with Gasteiger partial charge >= 0.3 is 0 Å². The van der Waals surface area contributed by atoms with Crippen LogP contribution in [0.5, 0.6) is 5.75 Å². The van der Waals surface area contributed by atoms with E-state index in [1.165, 1.54) is 19.4 Å². The summed E-state index contributed by atoms with van der Waals surface area (Å²) >= 11 is 4.60. The molecule has 0 aliphatic rings. The van der Waals surface area contributed by atoms with Crippen molar-refractivity contribution in [3.63, 3.8) is 0 Å². The zero-order chi connectivity index (χ0) is 16.1. The SMILES string of the molecule is COc1ccc(-c2ccc(C=NNC(N)=S)o2)c([N+](=O)[O-])c1. The van der Waals surface area contributed by atoms with E-state index in [9.17, 15) is 10.1 Å². The highest BCUT2D eigenvalue weighted by Crippen LogP contribution is 2.33. The maximum Gasteiger partial charge on any atom is 0.284 e. The third-order valence-corrected chi connectivity index (χ3v) is 2.75. The normalized spacial score (nSPS) is 10.6. The van der Waals surface area contributed by atoms with Crippen molar-refractivity contribution in [2.75, 3.05) is 7.11 Å². The highest BCUT2D eigenvalue weighted by atomic mass is 32.1. The van der Waals surface area contributed by atoms with Gasteiger partial charge in [0, 0.05) is 0 Å². The lowest BCUT2D eigenvalue weighted by molar-refractivity contribution is -0.384. The van der Waals surface area contributed by atoms with Crippen molar-refractivity contribution in [1.82, 2.24) is 5.43 Å². The van der Waals surface area contributed by atoms with E-state index in [1.807, 2.05) is 0 Å². The molecule has 0 atom stereocenters. The number of nitrogens with one attached hydrogen (secondary N) is 1. The number of hydrazone groups is 1. The Morgan fingerprint density at radius 1 is 1.50 bits per heavy atom. The van der Waals surface area contributed by atoms with Crippen LogP contribution < -0.4 is 15.9 Å². The Balaban J connectivity index is 2.32. The van der Waals surface area contributed by atoms with Crippen LogP contribution >= 0.6 is 12.2 Å². The van der Waals surface area contributed by atoms with Gasteiger partial charge in [0.15, 0.2) is 5.11 Å². The Hall–Kier alpha value is -2.94. The monoisotopic (exact) mass is 320 g/mol. The molecule has 0 saturated carbocycles. The van der Waals surface area contributed by atoms with Crippen LogP contribution in [0, 0.1) is 10.1 Å². The number of nitrogens with zero attached hydrogens (tertiary/aromatic N) is 2. The van der Waals surface area contributed by atoms with E-state index in [4.69, 9.17) is 14.9 Å². The predicted molar refractivity (Wildman–Crippen MR) is 84.9 cm³/mol. The second kappa shape index (κ2) is 6.68. The van der Waals surface area contributed by atoms with Gasteiger partial charge in [-0.15, -0.1) is 0 Å². The van der Waals surface area contributed by atoms with Crippen LogP contribution in [0.15, 0.2) is 39.9 Å². The molecule has 2 aromatic rings. The summed E-state index contributed by atoms with van der Waals surface area (Å²) in [6.45, 7) is 0. The molecule has 0 amide bonds. The quantitative estimate of drug-likeness (QED) is 0.375. The molecule has 0 bridgehead atoms. The molecule has 0 spiro atoms. The topological polar surface area (TPSA) is 116 Å². The fourth-order valence-electron chi connectivity index (χ4n) is 1.72. The first kappa shape index (κ1) is 15.4. The Labute approximate surface area is 130 Å². The number of methoxy groups -OCH3 is 1. The first-order valence-electron chi connectivity index (χ1n) is 6.02. The largest absolute Gasteiger partial charge is 0.497 e. The molecule has 114 valence electrons. The molecule has 22 heavy (non-hydrogen) atoms. The number of hydrogen-bond donors (Lipinski definition) is 2. The number of nitro benzene ring substituents is 1. The average molecular weight is 320 g/mol. The first-order chi connectivity index (χ1) is 10.5. The van der Waals surface area contributed by atoms with E-state index in [1.54, 1.807) is 24.3 Å². The van der Waals surface area contributed by atoms with Gasteiger partial charge in [0.25, 0.3) is 5.69 Å². The van der Waals surface area contributed by atoms with Crippen LogP contribution in [0.4, 0.5) is 5.69 Å². The van der Waals surface area contributed by atoms with Crippen molar-refractivity contribution in [3.05, 3.63) is 46.2 Å². The molecule has 3 N–H and O–H groups in total. The number of nitrogens with two attached hydrogens (primary N) is 1. The molecule has 0 saturated heterocycles. The summed E-state index contributed by atoms with van der Waals surface area (Å²) in [5, 5.41) is 14.9. The summed E-state index contributed by atoms with van der Waals surface area (Å²) < 4.78 is 10.5. The van der Waals surface area contributed by atoms with Gasteiger partial charge in [-0.1, -0.05) is 0 Å². The molecule has 0 aliphatic carbocycles. The summed E-state index contributed by atoms with van der Waals surface area (Å²) in [7, 11) is 1.44. The van der Waals surface area contributed by atoms with Gasteiger partial charge in [0.05, 0.1) is 29.9 Å². The van der Waals surface area contributed by atoms with E-state index in [-0.39, 0.29) is 10.8 Å². The summed E-state index contributed by atoms with van der Waals surface area (Å²) in [4.78, 5) is 10.7. The fourth-order valence-corrected chi connectivity index (χ4v) is 1.78. The molecule has 0 fully saturated rings. The maximum atomic E-state index is 11.2. The zero-order valence-electron chi connectivity index (χ0n) is 11.5. The van der Waals surface area contributed by atoms with Gasteiger partial charge in [-0.05, 0) is 36.5 Å². The fraction of sp³-hybridized carbons (Fsp3) is 0.0769. The van der Waals surface area contributed by atoms with Gasteiger partial charge in [-0.25, -0.2) is 0 Å². The van der Waals surface area contributed by atoms with Crippen molar-refractivity contribution >= 4 is 29.2 Å². The molecule has 1 aromatic heterocycles. The molecule has 8 nitrogen and oxygen atoms in total. The maximum absolute atomic E-state index is 11.2. The summed E-state index contributed by atoms with van der Waals surface area (Å²) in [5.41, 5.74) is 7.83. The summed E-state index contributed by atoms with van der Waals surface area (Å²) in [5.74, 6) is 1.12. The van der Waals surface area contributed by atoms with E-state index >= 15 is 0 Å². The minimum Gasteiger partial charge on any atom is -0.497 e. The van der Waals surface area contributed by atoms with Crippen molar-refractivity contribution in [1.29, 1.82) is 0 Å². The van der Waals surface area contributed by atoms with Gasteiger partial charge in [0.2, 0.25) is 0 Å². The number of ether oxygens (including phenoxy) is 1. The van der Waals surface area contributed by atoms with Crippen LogP contribution in [-0.2, 0) is 0 Å². The zero-order valence-corrected chi connectivity index (χ0v) is 12.3. The van der Waals surface area contributed by atoms with Gasteiger partial charge in [0.1, 0.15) is 17.3 Å². The van der Waals surface area contributed by atoms with Crippen molar-refractivity contribution in [3.8, 4) is 17.1 Å². The minimum absolute atomic E-state index is 0.0221. The standard InChI is InChI=1S/C13H12N4O4S/c1-20-8-2-4-10(11(6-8)17(18)19)12-5-3-9(21-12)7-15-16-13(14)22/h2-7H,1H3,(H3,14,16,22). The predicted octanol–water partition coefficient (Wildman–Crippen LogP) is 2.03. The second-order valence-electron chi connectivity index (χ2n) is 4.08. The Morgan fingerprint density at radius 3 is 2.91 bits per heavy atom. The highest BCUT2D eigenvalue weighted by molar-refractivity contribution is 7.80. The number of rotatable bonds is 5. The van der Waals surface area contributed by atoms with E-state index in [0.717, 1.165) is 0 Å². The number of benzene rings is 1. The third-order valence-electron chi connectivity index (χ3n) is 2.66. The van der Waals surface area contributed by atoms with Crippen LogP contribution in [0.25, 0.3) is 11.3 Å². The smallest absolute Gasteiger partial charge is 0.284 e.